The fourth-order valence-corrected chi connectivity index (χ4v) is 6.81. The summed E-state index contributed by atoms with van der Waals surface area (Å²) in [6, 6.07) is 7.80. The molecule has 0 aliphatic carbocycles. The summed E-state index contributed by atoms with van der Waals surface area (Å²) >= 11 is 0. The van der Waals surface area contributed by atoms with Crippen LogP contribution < -0.4 is 4.90 Å². The molecule has 3 unspecified atom stereocenters. The van der Waals surface area contributed by atoms with Crippen LogP contribution in [0.25, 0.3) is 0 Å². The maximum Gasteiger partial charge on any atom is 0.282 e. The summed E-state index contributed by atoms with van der Waals surface area (Å²) < 4.78 is 34.8. The van der Waals surface area contributed by atoms with Crippen molar-refractivity contribution in [2.45, 2.75) is 45.8 Å². The SMILES string of the molecule is CCc1ccccc1N1CC(C(=O)N2CCN(S(=O)(=O)N3CC(C)OC(C)C3)CC2)CC1=O. The molecule has 0 spiro atoms. The summed E-state index contributed by atoms with van der Waals surface area (Å²) in [7, 11) is -3.59. The summed E-state index contributed by atoms with van der Waals surface area (Å²) in [5, 5.41) is 0. The van der Waals surface area contributed by atoms with Gasteiger partial charge in [-0.25, -0.2) is 0 Å². The fraction of sp³-hybridized carbons (Fsp3) is 0.652. The van der Waals surface area contributed by atoms with Gasteiger partial charge in [0, 0.05) is 57.9 Å². The van der Waals surface area contributed by atoms with Gasteiger partial charge in [0.15, 0.2) is 0 Å². The molecular weight excluding hydrogens is 444 g/mol. The molecule has 4 rings (SSSR count). The number of nitrogens with zero attached hydrogens (tertiary/aromatic N) is 4. The lowest BCUT2D eigenvalue weighted by molar-refractivity contribution is -0.137. The third-order valence-electron chi connectivity index (χ3n) is 6.73. The number of benzene rings is 1. The van der Waals surface area contributed by atoms with Crippen molar-refractivity contribution in [3.05, 3.63) is 29.8 Å². The Kier molecular flexibility index (Phi) is 7.09. The smallest absolute Gasteiger partial charge is 0.282 e. The second kappa shape index (κ2) is 9.69. The van der Waals surface area contributed by atoms with Crippen molar-refractivity contribution >= 4 is 27.7 Å². The Balaban J connectivity index is 1.36. The standard InChI is InChI=1S/C23H34N4O5S/c1-4-19-7-5-6-8-21(19)27-16-20(13-22(27)28)23(29)24-9-11-25(12-10-24)33(30,31)26-14-17(2)32-18(3)15-26/h5-8,17-18,20H,4,9-16H2,1-3H3. The minimum Gasteiger partial charge on any atom is -0.373 e. The monoisotopic (exact) mass is 478 g/mol. The van der Waals surface area contributed by atoms with Crippen molar-refractivity contribution in [2.75, 3.05) is 50.7 Å². The number of morpholine rings is 1. The minimum atomic E-state index is -3.59. The first-order chi connectivity index (χ1) is 15.7. The average molecular weight is 479 g/mol. The number of aryl methyl sites for hydroxylation is 1. The Morgan fingerprint density at radius 1 is 1.00 bits per heavy atom. The van der Waals surface area contributed by atoms with Gasteiger partial charge in [-0.2, -0.15) is 17.0 Å². The summed E-state index contributed by atoms with van der Waals surface area (Å²) in [4.78, 5) is 29.3. The Morgan fingerprint density at radius 2 is 1.64 bits per heavy atom. The van der Waals surface area contributed by atoms with Crippen LogP contribution in [0.1, 0.15) is 32.8 Å². The third-order valence-corrected chi connectivity index (χ3v) is 8.70. The second-order valence-electron chi connectivity index (χ2n) is 9.19. The summed E-state index contributed by atoms with van der Waals surface area (Å²) in [6.07, 6.45) is 0.716. The molecule has 0 saturated carbocycles. The topological polar surface area (TPSA) is 90.5 Å². The zero-order chi connectivity index (χ0) is 23.8. The van der Waals surface area contributed by atoms with E-state index in [2.05, 4.69) is 0 Å². The van der Waals surface area contributed by atoms with Gasteiger partial charge < -0.3 is 14.5 Å². The molecule has 3 heterocycles. The molecule has 3 saturated heterocycles. The fourth-order valence-electron chi connectivity index (χ4n) is 5.06. The van der Waals surface area contributed by atoms with E-state index in [4.69, 9.17) is 4.74 Å². The quantitative estimate of drug-likeness (QED) is 0.632. The molecular formula is C23H34N4O5S. The van der Waals surface area contributed by atoms with Crippen LogP contribution in [0.15, 0.2) is 24.3 Å². The molecule has 1 aromatic carbocycles. The molecule has 0 bridgehead atoms. The largest absolute Gasteiger partial charge is 0.373 e. The lowest BCUT2D eigenvalue weighted by Gasteiger charge is -2.40. The minimum absolute atomic E-state index is 0.0361. The highest BCUT2D eigenvalue weighted by Gasteiger charge is 2.41. The van der Waals surface area contributed by atoms with Gasteiger partial charge in [-0.3, -0.25) is 9.59 Å². The number of carbonyl (C=O) groups is 2. The van der Waals surface area contributed by atoms with E-state index in [1.54, 1.807) is 9.80 Å². The molecule has 2 amide bonds. The number of para-hydroxylation sites is 1. The predicted octanol–water partition coefficient (Wildman–Crippen LogP) is 1.10. The molecule has 3 aliphatic heterocycles. The van der Waals surface area contributed by atoms with Gasteiger partial charge >= 0.3 is 0 Å². The number of carbonyl (C=O) groups excluding carboxylic acids is 2. The van der Waals surface area contributed by atoms with Crippen LogP contribution in [0.5, 0.6) is 0 Å². The van der Waals surface area contributed by atoms with Gasteiger partial charge in [-0.1, -0.05) is 25.1 Å². The lowest BCUT2D eigenvalue weighted by atomic mass is 10.1. The van der Waals surface area contributed by atoms with E-state index < -0.39 is 16.1 Å². The molecule has 9 nitrogen and oxygen atoms in total. The summed E-state index contributed by atoms with van der Waals surface area (Å²) in [6.45, 7) is 8.04. The number of hydrogen-bond donors (Lipinski definition) is 0. The average Bonchev–Trinajstić information content (AvgIpc) is 3.19. The lowest BCUT2D eigenvalue weighted by Crippen LogP contribution is -2.58. The van der Waals surface area contributed by atoms with Gasteiger partial charge in [0.25, 0.3) is 10.2 Å². The van der Waals surface area contributed by atoms with Crippen molar-refractivity contribution in [3.8, 4) is 0 Å². The normalized spacial score (nSPS) is 27.8. The summed E-state index contributed by atoms with van der Waals surface area (Å²) in [5.41, 5.74) is 1.97. The van der Waals surface area contributed by atoms with E-state index in [-0.39, 0.29) is 43.5 Å². The Labute approximate surface area is 196 Å². The van der Waals surface area contributed by atoms with Gasteiger partial charge in [0.05, 0.1) is 18.1 Å². The number of rotatable bonds is 5. The van der Waals surface area contributed by atoms with Crippen molar-refractivity contribution in [1.82, 2.24) is 13.5 Å². The molecule has 10 heteroatoms. The Bertz CT molecular complexity index is 982. The van der Waals surface area contributed by atoms with E-state index >= 15 is 0 Å². The zero-order valence-electron chi connectivity index (χ0n) is 19.6. The highest BCUT2D eigenvalue weighted by molar-refractivity contribution is 7.86. The van der Waals surface area contributed by atoms with Crippen LogP contribution in [-0.2, 0) is 31.0 Å². The molecule has 3 atom stereocenters. The molecule has 3 fully saturated rings. The van der Waals surface area contributed by atoms with Crippen molar-refractivity contribution < 1.29 is 22.7 Å². The first kappa shape index (κ1) is 24.1. The van der Waals surface area contributed by atoms with Gasteiger partial charge in [0.1, 0.15) is 0 Å². The van der Waals surface area contributed by atoms with E-state index in [1.165, 1.54) is 8.61 Å². The number of hydrogen-bond acceptors (Lipinski definition) is 5. The number of ether oxygens (including phenoxy) is 1. The summed E-state index contributed by atoms with van der Waals surface area (Å²) in [5.74, 6) is -0.497. The molecule has 0 N–H and O–H groups in total. The van der Waals surface area contributed by atoms with Crippen molar-refractivity contribution in [1.29, 1.82) is 0 Å². The van der Waals surface area contributed by atoms with Gasteiger partial charge in [-0.05, 0) is 31.9 Å². The van der Waals surface area contributed by atoms with E-state index in [1.807, 2.05) is 45.0 Å². The van der Waals surface area contributed by atoms with E-state index in [0.29, 0.717) is 32.7 Å². The van der Waals surface area contributed by atoms with E-state index in [0.717, 1.165) is 17.7 Å². The van der Waals surface area contributed by atoms with Crippen LogP contribution in [-0.4, -0.2) is 91.8 Å². The molecule has 0 aromatic heterocycles. The molecule has 3 aliphatic rings. The number of piperazine rings is 1. The number of amides is 2. The number of anilines is 1. The van der Waals surface area contributed by atoms with E-state index in [9.17, 15) is 18.0 Å². The Morgan fingerprint density at radius 3 is 2.27 bits per heavy atom. The highest BCUT2D eigenvalue weighted by Crippen LogP contribution is 2.30. The third kappa shape index (κ3) is 4.94. The first-order valence-corrected chi connectivity index (χ1v) is 13.2. The Hall–Kier alpha value is -2.01. The van der Waals surface area contributed by atoms with Gasteiger partial charge in [-0.15, -0.1) is 0 Å². The maximum atomic E-state index is 13.2. The predicted molar refractivity (Wildman–Crippen MR) is 125 cm³/mol. The highest BCUT2D eigenvalue weighted by atomic mass is 32.2. The zero-order valence-corrected chi connectivity index (χ0v) is 20.5. The van der Waals surface area contributed by atoms with Crippen molar-refractivity contribution in [3.63, 3.8) is 0 Å². The van der Waals surface area contributed by atoms with Crippen LogP contribution in [0, 0.1) is 5.92 Å². The van der Waals surface area contributed by atoms with Crippen molar-refractivity contribution in [2.24, 2.45) is 5.92 Å². The van der Waals surface area contributed by atoms with Crippen LogP contribution in [0.2, 0.25) is 0 Å². The maximum absolute atomic E-state index is 13.2. The first-order valence-electron chi connectivity index (χ1n) is 11.8. The van der Waals surface area contributed by atoms with Crippen LogP contribution >= 0.6 is 0 Å². The molecule has 1 aromatic rings. The van der Waals surface area contributed by atoms with Crippen LogP contribution in [0.4, 0.5) is 5.69 Å². The molecule has 0 radical (unpaired) electrons. The second-order valence-corrected chi connectivity index (χ2v) is 11.1. The van der Waals surface area contributed by atoms with Gasteiger partial charge in [0.2, 0.25) is 11.8 Å². The molecule has 182 valence electrons. The van der Waals surface area contributed by atoms with Crippen LogP contribution in [0.3, 0.4) is 0 Å². The molecule has 33 heavy (non-hydrogen) atoms.